The highest BCUT2D eigenvalue weighted by molar-refractivity contribution is 5.49. The number of ether oxygens (including phenoxy) is 1. The predicted molar refractivity (Wildman–Crippen MR) is 67.2 cm³/mol. The molecule has 2 aromatic heterocycles. The molecule has 0 bridgehead atoms. The lowest BCUT2D eigenvalue weighted by Gasteiger charge is -2.00. The van der Waals surface area contributed by atoms with E-state index in [1.165, 1.54) is 0 Å². The van der Waals surface area contributed by atoms with E-state index in [-0.39, 0.29) is 0 Å². The van der Waals surface area contributed by atoms with Crippen molar-refractivity contribution >= 4 is 0 Å². The third-order valence-corrected chi connectivity index (χ3v) is 2.52. The van der Waals surface area contributed by atoms with E-state index in [2.05, 4.69) is 15.4 Å². The molecular weight excluding hydrogens is 232 g/mol. The number of oxazole rings is 1. The van der Waals surface area contributed by atoms with Crippen molar-refractivity contribution in [2.75, 3.05) is 26.8 Å². The first kappa shape index (κ1) is 12.8. The number of hydrogen-bond acceptors (Lipinski definition) is 5. The van der Waals surface area contributed by atoms with Crippen LogP contribution in [0.2, 0.25) is 0 Å². The SMILES string of the molecule is COCCNCCc1ncc(-c2ccn(C)n2)o1. The molecule has 0 aliphatic rings. The van der Waals surface area contributed by atoms with Crippen molar-refractivity contribution in [3.8, 4) is 11.5 Å². The maximum absolute atomic E-state index is 5.63. The van der Waals surface area contributed by atoms with Crippen molar-refractivity contribution in [1.29, 1.82) is 0 Å². The van der Waals surface area contributed by atoms with Crippen molar-refractivity contribution in [2.24, 2.45) is 7.05 Å². The molecular formula is C12H18N4O2. The molecule has 6 nitrogen and oxygen atoms in total. The second-order valence-corrected chi connectivity index (χ2v) is 3.99. The molecule has 0 amide bonds. The Labute approximate surface area is 106 Å². The van der Waals surface area contributed by atoms with E-state index in [0.29, 0.717) is 12.4 Å². The van der Waals surface area contributed by atoms with Gasteiger partial charge in [0.25, 0.3) is 0 Å². The Kier molecular flexibility index (Phi) is 4.49. The zero-order valence-electron chi connectivity index (χ0n) is 10.7. The molecule has 0 spiro atoms. The van der Waals surface area contributed by atoms with Crippen LogP contribution in [-0.4, -0.2) is 41.6 Å². The Bertz CT molecular complexity index is 478. The Morgan fingerprint density at radius 3 is 3.06 bits per heavy atom. The lowest BCUT2D eigenvalue weighted by atomic mass is 10.4. The number of aromatic nitrogens is 3. The highest BCUT2D eigenvalue weighted by Gasteiger charge is 2.08. The first-order valence-corrected chi connectivity index (χ1v) is 5.94. The van der Waals surface area contributed by atoms with Gasteiger partial charge in [-0.3, -0.25) is 4.68 Å². The van der Waals surface area contributed by atoms with Crippen molar-refractivity contribution in [1.82, 2.24) is 20.1 Å². The van der Waals surface area contributed by atoms with E-state index >= 15 is 0 Å². The van der Waals surface area contributed by atoms with Crippen LogP contribution in [0.1, 0.15) is 5.89 Å². The average molecular weight is 250 g/mol. The minimum atomic E-state index is 0.711. The summed E-state index contributed by atoms with van der Waals surface area (Å²) < 4.78 is 12.3. The van der Waals surface area contributed by atoms with Crippen LogP contribution in [0, 0.1) is 0 Å². The average Bonchev–Trinajstić information content (AvgIpc) is 2.97. The summed E-state index contributed by atoms with van der Waals surface area (Å²) in [5.74, 6) is 1.43. The van der Waals surface area contributed by atoms with Gasteiger partial charge < -0.3 is 14.5 Å². The molecule has 6 heteroatoms. The topological polar surface area (TPSA) is 65.1 Å². The van der Waals surface area contributed by atoms with Gasteiger partial charge >= 0.3 is 0 Å². The van der Waals surface area contributed by atoms with Crippen molar-refractivity contribution < 1.29 is 9.15 Å². The van der Waals surface area contributed by atoms with Gasteiger partial charge in [-0.25, -0.2) is 4.98 Å². The maximum Gasteiger partial charge on any atom is 0.196 e. The second-order valence-electron chi connectivity index (χ2n) is 3.99. The highest BCUT2D eigenvalue weighted by atomic mass is 16.5. The van der Waals surface area contributed by atoms with E-state index in [1.54, 1.807) is 18.0 Å². The van der Waals surface area contributed by atoms with Gasteiger partial charge in [-0.1, -0.05) is 0 Å². The molecule has 0 unspecified atom stereocenters. The molecule has 2 heterocycles. The highest BCUT2D eigenvalue weighted by Crippen LogP contribution is 2.17. The molecule has 0 saturated carbocycles. The fourth-order valence-corrected chi connectivity index (χ4v) is 1.59. The smallest absolute Gasteiger partial charge is 0.196 e. The predicted octanol–water partition coefficient (Wildman–Crippen LogP) is 0.854. The molecule has 0 radical (unpaired) electrons. The van der Waals surface area contributed by atoms with E-state index in [1.807, 2.05) is 19.3 Å². The molecule has 18 heavy (non-hydrogen) atoms. The van der Waals surface area contributed by atoms with Crippen LogP contribution in [-0.2, 0) is 18.2 Å². The van der Waals surface area contributed by atoms with Crippen LogP contribution in [0.25, 0.3) is 11.5 Å². The van der Waals surface area contributed by atoms with Gasteiger partial charge in [0.2, 0.25) is 0 Å². The Morgan fingerprint density at radius 1 is 1.44 bits per heavy atom. The summed E-state index contributed by atoms with van der Waals surface area (Å²) in [5, 5.41) is 7.51. The summed E-state index contributed by atoms with van der Waals surface area (Å²) in [6.07, 6.45) is 4.35. The summed E-state index contributed by atoms with van der Waals surface area (Å²) >= 11 is 0. The molecule has 1 N–H and O–H groups in total. The van der Waals surface area contributed by atoms with Crippen molar-refractivity contribution in [3.63, 3.8) is 0 Å². The van der Waals surface area contributed by atoms with E-state index in [9.17, 15) is 0 Å². The van der Waals surface area contributed by atoms with Gasteiger partial charge in [0, 0.05) is 39.9 Å². The summed E-state index contributed by atoms with van der Waals surface area (Å²) in [6, 6.07) is 1.90. The van der Waals surface area contributed by atoms with Gasteiger partial charge in [-0.15, -0.1) is 0 Å². The van der Waals surface area contributed by atoms with Crippen LogP contribution in [0.15, 0.2) is 22.9 Å². The Morgan fingerprint density at radius 2 is 2.33 bits per heavy atom. The molecule has 0 saturated heterocycles. The molecule has 98 valence electrons. The number of rotatable bonds is 7. The second kappa shape index (κ2) is 6.32. The fourth-order valence-electron chi connectivity index (χ4n) is 1.59. The summed E-state index contributed by atoms with van der Waals surface area (Å²) in [7, 11) is 3.56. The van der Waals surface area contributed by atoms with Crippen molar-refractivity contribution in [2.45, 2.75) is 6.42 Å². The lowest BCUT2D eigenvalue weighted by Crippen LogP contribution is -2.21. The van der Waals surface area contributed by atoms with Gasteiger partial charge in [0.1, 0.15) is 5.69 Å². The fraction of sp³-hybridized carbons (Fsp3) is 0.500. The number of nitrogens with zero attached hydrogens (tertiary/aromatic N) is 3. The summed E-state index contributed by atoms with van der Waals surface area (Å²) in [6.45, 7) is 2.38. The van der Waals surface area contributed by atoms with Gasteiger partial charge in [-0.05, 0) is 6.07 Å². The Balaban J connectivity index is 1.83. The summed E-state index contributed by atoms with van der Waals surface area (Å²) in [4.78, 5) is 4.23. The molecule has 0 atom stereocenters. The van der Waals surface area contributed by atoms with Crippen LogP contribution >= 0.6 is 0 Å². The zero-order chi connectivity index (χ0) is 12.8. The number of methoxy groups -OCH3 is 1. The standard InChI is InChI=1S/C12H18N4O2/c1-16-7-4-10(15-16)11-9-14-12(18-11)3-5-13-6-8-17-2/h4,7,9,13H,3,5-6,8H2,1-2H3. The molecule has 0 aliphatic heterocycles. The van der Waals surface area contributed by atoms with E-state index in [4.69, 9.17) is 9.15 Å². The van der Waals surface area contributed by atoms with Gasteiger partial charge in [-0.2, -0.15) is 5.10 Å². The lowest BCUT2D eigenvalue weighted by molar-refractivity contribution is 0.199. The van der Waals surface area contributed by atoms with Crippen molar-refractivity contribution in [3.05, 3.63) is 24.4 Å². The van der Waals surface area contributed by atoms with E-state index in [0.717, 1.165) is 31.1 Å². The minimum absolute atomic E-state index is 0.711. The third kappa shape index (κ3) is 3.41. The van der Waals surface area contributed by atoms with Crippen LogP contribution in [0.5, 0.6) is 0 Å². The normalized spacial score (nSPS) is 11.0. The van der Waals surface area contributed by atoms with Crippen LogP contribution in [0.3, 0.4) is 0 Å². The van der Waals surface area contributed by atoms with Gasteiger partial charge in [0.05, 0.1) is 12.8 Å². The molecule has 0 fully saturated rings. The number of hydrogen-bond donors (Lipinski definition) is 1. The monoisotopic (exact) mass is 250 g/mol. The molecule has 2 aromatic rings. The van der Waals surface area contributed by atoms with Gasteiger partial charge in [0.15, 0.2) is 11.7 Å². The quantitative estimate of drug-likeness (QED) is 0.738. The van der Waals surface area contributed by atoms with E-state index < -0.39 is 0 Å². The maximum atomic E-state index is 5.63. The largest absolute Gasteiger partial charge is 0.439 e. The Hall–Kier alpha value is -1.66. The minimum Gasteiger partial charge on any atom is -0.439 e. The van der Waals surface area contributed by atoms with Crippen LogP contribution < -0.4 is 5.32 Å². The summed E-state index contributed by atoms with van der Waals surface area (Å²) in [5.41, 5.74) is 0.809. The number of aryl methyl sites for hydroxylation is 1. The van der Waals surface area contributed by atoms with Crippen LogP contribution in [0.4, 0.5) is 0 Å². The molecule has 0 aliphatic carbocycles. The zero-order valence-corrected chi connectivity index (χ0v) is 10.7. The molecule has 0 aromatic carbocycles. The molecule has 2 rings (SSSR count). The first-order chi connectivity index (χ1) is 8.79. The number of nitrogens with one attached hydrogen (secondary N) is 1. The third-order valence-electron chi connectivity index (χ3n) is 2.52. The first-order valence-electron chi connectivity index (χ1n) is 5.94.